The van der Waals surface area contributed by atoms with Crippen LogP contribution in [-0.4, -0.2) is 44.8 Å². The van der Waals surface area contributed by atoms with Gasteiger partial charge in [-0.15, -0.1) is 0 Å². The molecular weight excluding hydrogens is 282 g/mol. The van der Waals surface area contributed by atoms with Crippen LogP contribution in [-0.2, 0) is 16.0 Å². The third-order valence-electron chi connectivity index (χ3n) is 3.43. The molecule has 6 heteroatoms. The summed E-state index contributed by atoms with van der Waals surface area (Å²) in [5.41, 5.74) is 1.07. The summed E-state index contributed by atoms with van der Waals surface area (Å²) < 4.78 is 1.53. The van der Waals surface area contributed by atoms with E-state index in [0.717, 1.165) is 5.56 Å². The molecular formula is C16H19N3O3. The third-order valence-corrected chi connectivity index (χ3v) is 3.43. The van der Waals surface area contributed by atoms with Crippen LogP contribution in [0.3, 0.4) is 0 Å². The molecule has 0 saturated carbocycles. The van der Waals surface area contributed by atoms with Crippen molar-refractivity contribution in [3.05, 3.63) is 54.4 Å². The minimum absolute atomic E-state index is 0.248. The van der Waals surface area contributed by atoms with E-state index in [1.165, 1.54) is 9.58 Å². The molecule has 116 valence electrons. The molecule has 0 bridgehead atoms. The van der Waals surface area contributed by atoms with E-state index in [9.17, 15) is 9.59 Å². The number of hydrogen-bond acceptors (Lipinski definition) is 3. The summed E-state index contributed by atoms with van der Waals surface area (Å²) in [5, 5.41) is 13.1. The van der Waals surface area contributed by atoms with E-state index < -0.39 is 12.0 Å². The molecule has 0 radical (unpaired) electrons. The number of amides is 1. The molecule has 1 aromatic carbocycles. The van der Waals surface area contributed by atoms with Gasteiger partial charge in [-0.3, -0.25) is 14.3 Å². The fourth-order valence-corrected chi connectivity index (χ4v) is 2.23. The van der Waals surface area contributed by atoms with Gasteiger partial charge in [0.1, 0.15) is 12.6 Å². The molecule has 1 atom stereocenters. The average molecular weight is 301 g/mol. The molecule has 6 nitrogen and oxygen atoms in total. The Balaban J connectivity index is 2.05. The van der Waals surface area contributed by atoms with Gasteiger partial charge in [-0.2, -0.15) is 5.10 Å². The number of carboxylic acid groups (broad SMARTS) is 1. The summed E-state index contributed by atoms with van der Waals surface area (Å²) in [4.78, 5) is 24.9. The summed E-state index contributed by atoms with van der Waals surface area (Å²) in [7, 11) is 0. The van der Waals surface area contributed by atoms with E-state index in [4.69, 9.17) is 5.11 Å². The molecule has 0 saturated heterocycles. The Morgan fingerprint density at radius 3 is 2.59 bits per heavy atom. The molecule has 0 aliphatic heterocycles. The zero-order chi connectivity index (χ0) is 15.9. The van der Waals surface area contributed by atoms with E-state index in [-0.39, 0.29) is 12.5 Å². The Morgan fingerprint density at radius 2 is 2.00 bits per heavy atom. The van der Waals surface area contributed by atoms with Gasteiger partial charge in [-0.25, -0.2) is 0 Å². The van der Waals surface area contributed by atoms with Gasteiger partial charge >= 0.3 is 5.97 Å². The maximum atomic E-state index is 12.5. The van der Waals surface area contributed by atoms with Gasteiger partial charge in [0.2, 0.25) is 5.91 Å². The molecule has 0 spiro atoms. The fourth-order valence-electron chi connectivity index (χ4n) is 2.23. The van der Waals surface area contributed by atoms with Crippen molar-refractivity contribution in [3.63, 3.8) is 0 Å². The fraction of sp³-hybridized carbons (Fsp3) is 0.312. The Morgan fingerprint density at radius 1 is 1.27 bits per heavy atom. The minimum atomic E-state index is -1.02. The highest BCUT2D eigenvalue weighted by Gasteiger charge is 2.23. The van der Waals surface area contributed by atoms with Crippen LogP contribution in [0, 0.1) is 0 Å². The number of nitrogens with zero attached hydrogens (tertiary/aromatic N) is 3. The zero-order valence-electron chi connectivity index (χ0n) is 12.4. The van der Waals surface area contributed by atoms with Crippen molar-refractivity contribution in [2.45, 2.75) is 19.4 Å². The van der Waals surface area contributed by atoms with E-state index in [2.05, 4.69) is 5.10 Å². The maximum Gasteiger partial charge on any atom is 0.323 e. The first kappa shape index (κ1) is 15.8. The molecule has 1 aromatic heterocycles. The van der Waals surface area contributed by atoms with E-state index in [0.29, 0.717) is 13.0 Å². The summed E-state index contributed by atoms with van der Waals surface area (Å²) in [5.74, 6) is -1.27. The van der Waals surface area contributed by atoms with Crippen molar-refractivity contribution in [3.8, 4) is 0 Å². The van der Waals surface area contributed by atoms with Gasteiger partial charge in [-0.05, 0) is 25.0 Å². The SMILES string of the molecule is CC(C(=O)N(CCc1ccccc1)CC(=O)O)n1cccn1. The molecule has 1 unspecified atom stereocenters. The standard InChI is InChI=1S/C16H19N3O3/c1-13(19-10-5-9-17-19)16(22)18(12-15(20)21)11-8-14-6-3-2-4-7-14/h2-7,9-10,13H,8,11-12H2,1H3,(H,20,21). The molecule has 1 N–H and O–H groups in total. The van der Waals surface area contributed by atoms with Crippen molar-refractivity contribution in [2.75, 3.05) is 13.1 Å². The molecule has 2 aromatic rings. The van der Waals surface area contributed by atoms with E-state index >= 15 is 0 Å². The minimum Gasteiger partial charge on any atom is -0.480 e. The Kier molecular flexibility index (Phi) is 5.30. The topological polar surface area (TPSA) is 75.4 Å². The number of aliphatic carboxylic acids is 1. The Bertz CT molecular complexity index is 611. The monoisotopic (exact) mass is 301 g/mol. The highest BCUT2D eigenvalue weighted by Crippen LogP contribution is 2.10. The first-order valence-corrected chi connectivity index (χ1v) is 7.11. The van der Waals surface area contributed by atoms with Gasteiger partial charge < -0.3 is 10.0 Å². The van der Waals surface area contributed by atoms with Gasteiger partial charge in [0.25, 0.3) is 0 Å². The summed E-state index contributed by atoms with van der Waals surface area (Å²) in [6.45, 7) is 1.77. The number of aromatic nitrogens is 2. The second kappa shape index (κ2) is 7.40. The molecule has 1 amide bonds. The van der Waals surface area contributed by atoms with Crippen LogP contribution in [0.4, 0.5) is 0 Å². The quantitative estimate of drug-likeness (QED) is 0.843. The first-order chi connectivity index (χ1) is 10.6. The number of rotatable bonds is 7. The van der Waals surface area contributed by atoms with Crippen LogP contribution < -0.4 is 0 Å². The number of carboxylic acids is 1. The summed E-state index contributed by atoms with van der Waals surface area (Å²) in [6, 6.07) is 10.9. The van der Waals surface area contributed by atoms with Crippen molar-refractivity contribution in [1.82, 2.24) is 14.7 Å². The van der Waals surface area contributed by atoms with Crippen molar-refractivity contribution >= 4 is 11.9 Å². The van der Waals surface area contributed by atoms with Crippen LogP contribution in [0.25, 0.3) is 0 Å². The van der Waals surface area contributed by atoms with Crippen LogP contribution in [0.1, 0.15) is 18.5 Å². The molecule has 1 heterocycles. The number of carbonyl (C=O) groups is 2. The van der Waals surface area contributed by atoms with Gasteiger partial charge in [0.15, 0.2) is 0 Å². The molecule has 0 aliphatic carbocycles. The largest absolute Gasteiger partial charge is 0.480 e. The highest BCUT2D eigenvalue weighted by molar-refractivity contribution is 5.83. The normalized spacial score (nSPS) is 11.9. The molecule has 22 heavy (non-hydrogen) atoms. The van der Waals surface area contributed by atoms with Crippen molar-refractivity contribution < 1.29 is 14.7 Å². The maximum absolute atomic E-state index is 12.5. The van der Waals surface area contributed by atoms with Crippen LogP contribution in [0.2, 0.25) is 0 Å². The van der Waals surface area contributed by atoms with Crippen molar-refractivity contribution in [2.24, 2.45) is 0 Å². The Labute approximate surface area is 129 Å². The van der Waals surface area contributed by atoms with Gasteiger partial charge in [0, 0.05) is 18.9 Å². The second-order valence-corrected chi connectivity index (χ2v) is 5.05. The zero-order valence-corrected chi connectivity index (χ0v) is 12.4. The van der Waals surface area contributed by atoms with Gasteiger partial charge in [0.05, 0.1) is 0 Å². The average Bonchev–Trinajstić information content (AvgIpc) is 3.05. The lowest BCUT2D eigenvalue weighted by atomic mass is 10.1. The summed E-state index contributed by atoms with van der Waals surface area (Å²) in [6.07, 6.45) is 3.90. The van der Waals surface area contributed by atoms with Crippen LogP contribution in [0.15, 0.2) is 48.8 Å². The van der Waals surface area contributed by atoms with Gasteiger partial charge in [-0.1, -0.05) is 30.3 Å². The first-order valence-electron chi connectivity index (χ1n) is 7.11. The summed E-state index contributed by atoms with van der Waals surface area (Å²) >= 11 is 0. The number of benzene rings is 1. The third kappa shape index (κ3) is 4.18. The number of carbonyl (C=O) groups excluding carboxylic acids is 1. The van der Waals surface area contributed by atoms with E-state index in [1.54, 1.807) is 25.4 Å². The predicted octanol–water partition coefficient (Wildman–Crippen LogP) is 1.60. The van der Waals surface area contributed by atoms with Crippen molar-refractivity contribution in [1.29, 1.82) is 0 Å². The van der Waals surface area contributed by atoms with Crippen LogP contribution >= 0.6 is 0 Å². The number of hydrogen-bond donors (Lipinski definition) is 1. The molecule has 0 fully saturated rings. The lowest BCUT2D eigenvalue weighted by Crippen LogP contribution is -2.41. The predicted molar refractivity (Wildman–Crippen MR) is 81.3 cm³/mol. The smallest absolute Gasteiger partial charge is 0.323 e. The lowest BCUT2D eigenvalue weighted by molar-refractivity contribution is -0.145. The Hall–Kier alpha value is -2.63. The molecule has 2 rings (SSSR count). The van der Waals surface area contributed by atoms with Crippen LogP contribution in [0.5, 0.6) is 0 Å². The highest BCUT2D eigenvalue weighted by atomic mass is 16.4. The molecule has 0 aliphatic rings. The van der Waals surface area contributed by atoms with E-state index in [1.807, 2.05) is 30.3 Å². The second-order valence-electron chi connectivity index (χ2n) is 5.05. The lowest BCUT2D eigenvalue weighted by Gasteiger charge is -2.24.